The standard InChI is InChI=1S/C7H3IO2S2/c8-4-5-3(1-2-11-5)12-6(4)7(9)10/h1-2H,(H,9,10). The number of rotatable bonds is 1. The third kappa shape index (κ3) is 1.16. The Balaban J connectivity index is 2.78. The zero-order valence-corrected chi connectivity index (χ0v) is 9.50. The van der Waals surface area contributed by atoms with Crippen LogP contribution in [0.2, 0.25) is 0 Å². The van der Waals surface area contributed by atoms with Gasteiger partial charge in [-0.1, -0.05) is 0 Å². The summed E-state index contributed by atoms with van der Waals surface area (Å²) in [6.07, 6.45) is 0. The molecular weight excluding hydrogens is 307 g/mol. The predicted molar refractivity (Wildman–Crippen MR) is 59.4 cm³/mol. The number of hydrogen-bond acceptors (Lipinski definition) is 3. The fourth-order valence-electron chi connectivity index (χ4n) is 0.933. The fourth-order valence-corrected chi connectivity index (χ4v) is 4.33. The van der Waals surface area contributed by atoms with E-state index in [9.17, 15) is 4.79 Å². The molecule has 0 atom stereocenters. The summed E-state index contributed by atoms with van der Waals surface area (Å²) >= 11 is 5.02. The molecule has 0 amide bonds. The van der Waals surface area contributed by atoms with Gasteiger partial charge in [0.2, 0.25) is 0 Å². The summed E-state index contributed by atoms with van der Waals surface area (Å²) in [6.45, 7) is 0. The molecule has 5 heteroatoms. The molecule has 0 saturated carbocycles. The molecule has 62 valence electrons. The maximum atomic E-state index is 10.7. The molecule has 0 aliphatic rings. The lowest BCUT2D eigenvalue weighted by Gasteiger charge is -1.86. The summed E-state index contributed by atoms with van der Waals surface area (Å²) in [7, 11) is 0. The second-order valence-electron chi connectivity index (χ2n) is 2.16. The second kappa shape index (κ2) is 2.97. The van der Waals surface area contributed by atoms with Crippen LogP contribution in [0.5, 0.6) is 0 Å². The maximum Gasteiger partial charge on any atom is 0.347 e. The Labute approximate surface area is 90.0 Å². The van der Waals surface area contributed by atoms with Gasteiger partial charge in [-0.25, -0.2) is 4.79 Å². The normalized spacial score (nSPS) is 10.8. The van der Waals surface area contributed by atoms with Crippen molar-refractivity contribution in [3.8, 4) is 0 Å². The van der Waals surface area contributed by atoms with Crippen LogP contribution in [-0.4, -0.2) is 11.1 Å². The monoisotopic (exact) mass is 310 g/mol. The van der Waals surface area contributed by atoms with Crippen LogP contribution in [0.25, 0.3) is 9.40 Å². The van der Waals surface area contributed by atoms with Gasteiger partial charge in [0, 0.05) is 4.70 Å². The van der Waals surface area contributed by atoms with Gasteiger partial charge in [-0.15, -0.1) is 22.7 Å². The zero-order chi connectivity index (χ0) is 8.72. The molecule has 0 aliphatic heterocycles. The average molecular weight is 310 g/mol. The van der Waals surface area contributed by atoms with Crippen molar-refractivity contribution in [1.29, 1.82) is 0 Å². The highest BCUT2D eigenvalue weighted by Gasteiger charge is 2.15. The molecule has 2 aromatic rings. The Bertz CT molecular complexity index is 443. The van der Waals surface area contributed by atoms with Crippen LogP contribution < -0.4 is 0 Å². The van der Waals surface area contributed by atoms with E-state index in [0.29, 0.717) is 4.88 Å². The number of fused-ring (bicyclic) bond motifs is 1. The number of carbonyl (C=O) groups is 1. The molecule has 0 fully saturated rings. The van der Waals surface area contributed by atoms with E-state index in [2.05, 4.69) is 22.6 Å². The highest BCUT2D eigenvalue weighted by Crippen LogP contribution is 2.35. The van der Waals surface area contributed by atoms with Gasteiger partial charge < -0.3 is 5.11 Å². The molecular formula is C7H3IO2S2. The van der Waals surface area contributed by atoms with Crippen molar-refractivity contribution < 1.29 is 9.90 Å². The van der Waals surface area contributed by atoms with E-state index in [1.807, 2.05) is 11.4 Å². The van der Waals surface area contributed by atoms with Crippen LogP contribution >= 0.6 is 45.3 Å². The molecule has 0 radical (unpaired) electrons. The van der Waals surface area contributed by atoms with Gasteiger partial charge in [-0.3, -0.25) is 0 Å². The summed E-state index contributed by atoms with van der Waals surface area (Å²) in [6, 6.07) is 1.96. The summed E-state index contributed by atoms with van der Waals surface area (Å²) in [5, 5.41) is 10.8. The van der Waals surface area contributed by atoms with E-state index < -0.39 is 5.97 Å². The van der Waals surface area contributed by atoms with Gasteiger partial charge in [0.1, 0.15) is 4.88 Å². The van der Waals surface area contributed by atoms with Gasteiger partial charge >= 0.3 is 5.97 Å². The summed E-state index contributed by atoms with van der Waals surface area (Å²) < 4.78 is 3.04. The quantitative estimate of drug-likeness (QED) is 0.821. The second-order valence-corrected chi connectivity index (χ2v) is 5.21. The smallest absolute Gasteiger partial charge is 0.347 e. The van der Waals surface area contributed by atoms with Gasteiger partial charge in [-0.2, -0.15) is 0 Å². The van der Waals surface area contributed by atoms with Crippen LogP contribution in [0, 0.1) is 3.57 Å². The van der Waals surface area contributed by atoms with Crippen molar-refractivity contribution in [2.45, 2.75) is 0 Å². The molecule has 0 aromatic carbocycles. The first-order valence-electron chi connectivity index (χ1n) is 3.09. The van der Waals surface area contributed by atoms with Gasteiger partial charge in [-0.05, 0) is 34.0 Å². The van der Waals surface area contributed by atoms with E-state index in [0.717, 1.165) is 13.0 Å². The molecule has 2 rings (SSSR count). The lowest BCUT2D eigenvalue weighted by Crippen LogP contribution is -1.93. The molecule has 2 heterocycles. The van der Waals surface area contributed by atoms with Crippen molar-refractivity contribution in [2.75, 3.05) is 0 Å². The molecule has 2 aromatic heterocycles. The molecule has 2 nitrogen and oxygen atoms in total. The first-order valence-corrected chi connectivity index (χ1v) is 5.86. The summed E-state index contributed by atoms with van der Waals surface area (Å²) in [5.41, 5.74) is 0. The molecule has 0 bridgehead atoms. The van der Waals surface area contributed by atoms with Crippen LogP contribution in [0.3, 0.4) is 0 Å². The van der Waals surface area contributed by atoms with Crippen LogP contribution in [-0.2, 0) is 0 Å². The maximum absolute atomic E-state index is 10.7. The first-order chi connectivity index (χ1) is 5.70. The molecule has 0 saturated heterocycles. The number of hydrogen-bond donors (Lipinski definition) is 1. The van der Waals surface area contributed by atoms with Gasteiger partial charge in [0.25, 0.3) is 0 Å². The molecule has 0 unspecified atom stereocenters. The molecule has 12 heavy (non-hydrogen) atoms. The number of carboxylic acids is 1. The van der Waals surface area contributed by atoms with Gasteiger partial charge in [0.15, 0.2) is 0 Å². The summed E-state index contributed by atoms with van der Waals surface area (Å²) in [5.74, 6) is -0.826. The molecule has 1 N–H and O–H groups in total. The minimum atomic E-state index is -0.826. The van der Waals surface area contributed by atoms with Gasteiger partial charge in [0.05, 0.1) is 8.27 Å². The predicted octanol–water partition coefficient (Wildman–Crippen LogP) is 3.27. The number of carboxylic acid groups (broad SMARTS) is 1. The lowest BCUT2D eigenvalue weighted by atomic mass is 10.4. The van der Waals surface area contributed by atoms with E-state index in [4.69, 9.17) is 5.11 Å². The highest BCUT2D eigenvalue weighted by atomic mass is 127. The minimum absolute atomic E-state index is 0.456. The fraction of sp³-hybridized carbons (Fsp3) is 0. The zero-order valence-electron chi connectivity index (χ0n) is 5.70. The van der Waals surface area contributed by atoms with Crippen molar-refractivity contribution in [2.24, 2.45) is 0 Å². The van der Waals surface area contributed by atoms with Crippen LogP contribution in [0.15, 0.2) is 11.4 Å². The Morgan fingerprint density at radius 1 is 1.58 bits per heavy atom. The largest absolute Gasteiger partial charge is 0.477 e. The minimum Gasteiger partial charge on any atom is -0.477 e. The van der Waals surface area contributed by atoms with E-state index in [-0.39, 0.29) is 0 Å². The Kier molecular flexibility index (Phi) is 2.09. The van der Waals surface area contributed by atoms with E-state index >= 15 is 0 Å². The Morgan fingerprint density at radius 2 is 2.33 bits per heavy atom. The number of aromatic carboxylic acids is 1. The highest BCUT2D eigenvalue weighted by molar-refractivity contribution is 14.1. The number of halogens is 1. The SMILES string of the molecule is O=C(O)c1sc2ccsc2c1I. The average Bonchev–Trinajstić information content (AvgIpc) is 2.53. The van der Waals surface area contributed by atoms with Crippen LogP contribution in [0.4, 0.5) is 0 Å². The lowest BCUT2D eigenvalue weighted by molar-refractivity contribution is 0.0701. The third-order valence-corrected chi connectivity index (χ3v) is 5.45. The first kappa shape index (κ1) is 8.46. The Morgan fingerprint density at radius 3 is 2.92 bits per heavy atom. The summed E-state index contributed by atoms with van der Waals surface area (Å²) in [4.78, 5) is 11.2. The van der Waals surface area contributed by atoms with Crippen molar-refractivity contribution in [1.82, 2.24) is 0 Å². The Hall–Kier alpha value is -0.140. The molecule has 0 aliphatic carbocycles. The molecule has 0 spiro atoms. The van der Waals surface area contributed by atoms with Crippen molar-refractivity contribution >= 4 is 60.6 Å². The van der Waals surface area contributed by atoms with Crippen LogP contribution in [0.1, 0.15) is 9.67 Å². The van der Waals surface area contributed by atoms with E-state index in [1.54, 1.807) is 11.3 Å². The van der Waals surface area contributed by atoms with E-state index in [1.165, 1.54) is 11.3 Å². The van der Waals surface area contributed by atoms with Crippen molar-refractivity contribution in [3.05, 3.63) is 19.9 Å². The third-order valence-electron chi connectivity index (χ3n) is 1.43. The number of thiophene rings is 2. The topological polar surface area (TPSA) is 37.3 Å². The van der Waals surface area contributed by atoms with Crippen molar-refractivity contribution in [3.63, 3.8) is 0 Å².